The van der Waals surface area contributed by atoms with Crippen molar-refractivity contribution >= 4 is 28.3 Å². The first kappa shape index (κ1) is 22.1. The summed E-state index contributed by atoms with van der Waals surface area (Å²) >= 11 is 0. The molecule has 0 bridgehead atoms. The van der Waals surface area contributed by atoms with Crippen LogP contribution in [0.5, 0.6) is 0 Å². The monoisotopic (exact) mass is 439 g/mol. The van der Waals surface area contributed by atoms with Crippen LogP contribution in [0.1, 0.15) is 32.7 Å². The fraction of sp³-hybridized carbons (Fsp3) is 0.185. The van der Waals surface area contributed by atoms with E-state index in [2.05, 4.69) is 18.3 Å². The number of nitrogen functional groups attached to an aromatic ring is 1. The van der Waals surface area contributed by atoms with E-state index in [9.17, 15) is 4.79 Å². The molecule has 168 valence electrons. The Morgan fingerprint density at radius 3 is 2.42 bits per heavy atom. The third-order valence-electron chi connectivity index (χ3n) is 5.88. The molecular weight excluding hydrogens is 410 g/mol. The molecule has 0 aliphatic heterocycles. The first-order chi connectivity index (χ1) is 15.8. The van der Waals surface area contributed by atoms with Crippen LogP contribution in [0.3, 0.4) is 0 Å². The zero-order chi connectivity index (χ0) is 23.5. The number of carbonyl (C=O) groups is 1. The maximum Gasteiger partial charge on any atom is 0.268 e. The number of nitrogens with zero attached hydrogens (tertiary/aromatic N) is 2. The number of nitrogens with one attached hydrogen (secondary N) is 2. The van der Waals surface area contributed by atoms with Gasteiger partial charge in [-0.1, -0.05) is 42.5 Å². The molecule has 0 aliphatic rings. The molecule has 1 amide bonds. The molecule has 33 heavy (non-hydrogen) atoms. The number of aryl methyl sites for hydroxylation is 1. The number of benzene rings is 3. The van der Waals surface area contributed by atoms with Crippen LogP contribution in [0.15, 0.2) is 72.8 Å². The van der Waals surface area contributed by atoms with Crippen LogP contribution in [-0.2, 0) is 13.1 Å². The lowest BCUT2D eigenvalue weighted by molar-refractivity contribution is 0.0942. The molecule has 0 spiro atoms. The van der Waals surface area contributed by atoms with Gasteiger partial charge in [0.05, 0.1) is 0 Å². The van der Waals surface area contributed by atoms with Gasteiger partial charge in [0.2, 0.25) is 0 Å². The van der Waals surface area contributed by atoms with E-state index in [-0.39, 0.29) is 11.7 Å². The molecule has 4 rings (SSSR count). The van der Waals surface area contributed by atoms with Gasteiger partial charge in [0.15, 0.2) is 0 Å². The van der Waals surface area contributed by atoms with Crippen molar-refractivity contribution in [3.63, 3.8) is 0 Å². The van der Waals surface area contributed by atoms with Gasteiger partial charge < -0.3 is 20.5 Å². The predicted octanol–water partition coefficient (Wildman–Crippen LogP) is 4.28. The van der Waals surface area contributed by atoms with Crippen molar-refractivity contribution in [3.8, 4) is 0 Å². The van der Waals surface area contributed by atoms with Crippen molar-refractivity contribution in [1.29, 1.82) is 5.41 Å². The largest absolute Gasteiger partial charge is 0.384 e. The van der Waals surface area contributed by atoms with Gasteiger partial charge in [-0.05, 0) is 53.9 Å². The third-order valence-corrected chi connectivity index (χ3v) is 5.88. The zero-order valence-corrected chi connectivity index (χ0v) is 19.2. The standard InChI is InChI=1S/C27H29N5O/c1-18-6-4-9-24-23(18)15-25(32(24)17-20-7-5-8-21(14-20)26(28)29)27(33)30-16-19-10-12-22(13-11-19)31(2)3/h4-15H,16-17H2,1-3H3,(H3,28,29)(H,30,33). The number of hydrogen-bond donors (Lipinski definition) is 3. The van der Waals surface area contributed by atoms with Crippen molar-refractivity contribution in [3.05, 3.63) is 101 Å². The Hall–Kier alpha value is -4.06. The van der Waals surface area contributed by atoms with Crippen LogP contribution < -0.4 is 16.0 Å². The molecule has 0 fully saturated rings. The predicted molar refractivity (Wildman–Crippen MR) is 135 cm³/mol. The molecule has 0 radical (unpaired) electrons. The number of hydrogen-bond acceptors (Lipinski definition) is 3. The van der Waals surface area contributed by atoms with Gasteiger partial charge >= 0.3 is 0 Å². The summed E-state index contributed by atoms with van der Waals surface area (Å²) in [5.41, 5.74) is 12.2. The van der Waals surface area contributed by atoms with Gasteiger partial charge in [0.1, 0.15) is 11.5 Å². The molecule has 0 saturated carbocycles. The van der Waals surface area contributed by atoms with Crippen LogP contribution in [0, 0.1) is 12.3 Å². The van der Waals surface area contributed by atoms with Gasteiger partial charge in [-0.25, -0.2) is 0 Å². The number of amidine groups is 1. The first-order valence-electron chi connectivity index (χ1n) is 10.9. The summed E-state index contributed by atoms with van der Waals surface area (Å²) < 4.78 is 2.03. The summed E-state index contributed by atoms with van der Waals surface area (Å²) in [6.07, 6.45) is 0. The Morgan fingerprint density at radius 1 is 1.00 bits per heavy atom. The van der Waals surface area contributed by atoms with E-state index < -0.39 is 0 Å². The lowest BCUT2D eigenvalue weighted by atomic mass is 10.1. The van der Waals surface area contributed by atoms with Gasteiger partial charge in [0, 0.05) is 49.3 Å². The number of rotatable bonds is 7. The van der Waals surface area contributed by atoms with Crippen molar-refractivity contribution in [1.82, 2.24) is 9.88 Å². The second-order valence-electron chi connectivity index (χ2n) is 8.48. The second-order valence-corrected chi connectivity index (χ2v) is 8.48. The van der Waals surface area contributed by atoms with E-state index in [1.165, 1.54) is 0 Å². The highest BCUT2D eigenvalue weighted by atomic mass is 16.1. The molecule has 3 aromatic carbocycles. The highest BCUT2D eigenvalue weighted by molar-refractivity contribution is 5.99. The van der Waals surface area contributed by atoms with Crippen LogP contribution >= 0.6 is 0 Å². The summed E-state index contributed by atoms with van der Waals surface area (Å²) in [7, 11) is 4.01. The Bertz CT molecular complexity index is 1320. The van der Waals surface area contributed by atoms with E-state index in [4.69, 9.17) is 11.1 Å². The lowest BCUT2D eigenvalue weighted by Crippen LogP contribution is -2.25. The summed E-state index contributed by atoms with van der Waals surface area (Å²) in [5, 5.41) is 11.9. The van der Waals surface area contributed by atoms with Crippen LogP contribution in [0.2, 0.25) is 0 Å². The second kappa shape index (κ2) is 9.20. The number of anilines is 1. The van der Waals surface area contributed by atoms with E-state index in [1.807, 2.05) is 90.3 Å². The molecule has 0 atom stereocenters. The fourth-order valence-corrected chi connectivity index (χ4v) is 4.00. The Morgan fingerprint density at radius 2 is 1.73 bits per heavy atom. The minimum absolute atomic E-state index is 0.0308. The van der Waals surface area contributed by atoms with Gasteiger partial charge in [-0.15, -0.1) is 0 Å². The smallest absolute Gasteiger partial charge is 0.268 e. The summed E-state index contributed by atoms with van der Waals surface area (Å²) in [6, 6.07) is 23.8. The Kier molecular flexibility index (Phi) is 6.18. The van der Waals surface area contributed by atoms with E-state index in [0.29, 0.717) is 24.3 Å². The number of nitrogens with two attached hydrogens (primary N) is 1. The Balaban J connectivity index is 1.63. The van der Waals surface area contributed by atoms with Crippen LogP contribution in [-0.4, -0.2) is 30.4 Å². The molecule has 4 aromatic rings. The van der Waals surface area contributed by atoms with Gasteiger partial charge in [0.25, 0.3) is 5.91 Å². The van der Waals surface area contributed by atoms with Crippen molar-refractivity contribution < 1.29 is 4.79 Å². The maximum atomic E-state index is 13.3. The molecule has 0 saturated heterocycles. The fourth-order valence-electron chi connectivity index (χ4n) is 4.00. The lowest BCUT2D eigenvalue weighted by Gasteiger charge is -2.14. The minimum Gasteiger partial charge on any atom is -0.384 e. The number of aromatic nitrogens is 1. The number of fused-ring (bicyclic) bond motifs is 1. The maximum absolute atomic E-state index is 13.3. The van der Waals surface area contributed by atoms with Gasteiger partial charge in [-0.3, -0.25) is 10.2 Å². The third kappa shape index (κ3) is 4.75. The SMILES string of the molecule is Cc1cccc2c1cc(C(=O)NCc1ccc(N(C)C)cc1)n2Cc1cccc(C(=N)N)c1. The molecule has 0 unspecified atom stereocenters. The summed E-state index contributed by atoms with van der Waals surface area (Å²) in [6.45, 7) is 3.01. The zero-order valence-electron chi connectivity index (χ0n) is 19.2. The number of amides is 1. The summed E-state index contributed by atoms with van der Waals surface area (Å²) in [4.78, 5) is 15.3. The average Bonchev–Trinajstić information content (AvgIpc) is 3.17. The summed E-state index contributed by atoms with van der Waals surface area (Å²) in [5.74, 6) is -0.0895. The highest BCUT2D eigenvalue weighted by Gasteiger charge is 2.17. The Labute approximate surface area is 194 Å². The van der Waals surface area contributed by atoms with E-state index in [0.717, 1.165) is 33.3 Å². The van der Waals surface area contributed by atoms with Crippen molar-refractivity contribution in [2.24, 2.45) is 5.73 Å². The molecule has 6 nitrogen and oxygen atoms in total. The van der Waals surface area contributed by atoms with Crippen molar-refractivity contribution in [2.45, 2.75) is 20.0 Å². The minimum atomic E-state index is -0.120. The van der Waals surface area contributed by atoms with Crippen molar-refractivity contribution in [2.75, 3.05) is 19.0 Å². The van der Waals surface area contributed by atoms with Crippen LogP contribution in [0.4, 0.5) is 5.69 Å². The topological polar surface area (TPSA) is 87.1 Å². The quantitative estimate of drug-likeness (QED) is 0.297. The highest BCUT2D eigenvalue weighted by Crippen LogP contribution is 2.25. The number of carbonyl (C=O) groups excluding carboxylic acids is 1. The van der Waals surface area contributed by atoms with E-state index >= 15 is 0 Å². The van der Waals surface area contributed by atoms with E-state index in [1.54, 1.807) is 0 Å². The average molecular weight is 440 g/mol. The first-order valence-corrected chi connectivity index (χ1v) is 10.9. The molecule has 1 aromatic heterocycles. The van der Waals surface area contributed by atoms with Crippen LogP contribution in [0.25, 0.3) is 10.9 Å². The molecule has 0 aliphatic carbocycles. The molecule has 1 heterocycles. The molecule has 6 heteroatoms. The normalized spacial score (nSPS) is 10.9. The molecule has 4 N–H and O–H groups in total. The molecular formula is C27H29N5O. The van der Waals surface area contributed by atoms with Gasteiger partial charge in [-0.2, -0.15) is 0 Å².